The smallest absolute Gasteiger partial charge is 0.384 e. The van der Waals surface area contributed by atoms with Crippen molar-refractivity contribution in [3.05, 3.63) is 36.3 Å². The number of nitrogen functional groups attached to an aromatic ring is 1. The van der Waals surface area contributed by atoms with Crippen molar-refractivity contribution in [1.82, 2.24) is 15.0 Å². The van der Waals surface area contributed by atoms with Crippen LogP contribution in [0.5, 0.6) is 0 Å². The second kappa shape index (κ2) is 5.90. The van der Waals surface area contributed by atoms with E-state index in [4.69, 9.17) is 5.73 Å². The van der Waals surface area contributed by atoms with Gasteiger partial charge in [-0.3, -0.25) is 0 Å². The summed E-state index contributed by atoms with van der Waals surface area (Å²) in [4.78, 5) is 15.5. The van der Waals surface area contributed by atoms with Gasteiger partial charge >= 0.3 is 6.18 Å². The lowest BCUT2D eigenvalue weighted by molar-refractivity contribution is -0.141. The molecule has 0 saturated carbocycles. The Bertz CT molecular complexity index is 665. The highest BCUT2D eigenvalue weighted by Crippen LogP contribution is 2.28. The van der Waals surface area contributed by atoms with Gasteiger partial charge < -0.3 is 15.5 Å². The molecular weight excluding hydrogens is 309 g/mol. The maximum atomic E-state index is 12.7. The fourth-order valence-corrected chi connectivity index (χ4v) is 2.41. The van der Waals surface area contributed by atoms with E-state index in [9.17, 15) is 13.2 Å². The molecule has 0 atom stereocenters. The van der Waals surface area contributed by atoms with E-state index in [1.165, 1.54) is 0 Å². The first-order valence-corrected chi connectivity index (χ1v) is 7.05. The van der Waals surface area contributed by atoms with E-state index in [-0.39, 0.29) is 5.95 Å². The molecule has 2 N–H and O–H groups in total. The van der Waals surface area contributed by atoms with Gasteiger partial charge in [0.1, 0.15) is 11.5 Å². The molecule has 2 aromatic heterocycles. The quantitative estimate of drug-likeness (QED) is 0.908. The predicted octanol–water partition coefficient (Wildman–Crippen LogP) is 1.80. The number of pyridine rings is 1. The summed E-state index contributed by atoms with van der Waals surface area (Å²) < 4.78 is 38.2. The Morgan fingerprint density at radius 2 is 1.65 bits per heavy atom. The monoisotopic (exact) mass is 324 g/mol. The van der Waals surface area contributed by atoms with Crippen LogP contribution in [0.4, 0.5) is 30.6 Å². The number of nitrogens with zero attached hydrogens (tertiary/aromatic N) is 5. The lowest BCUT2D eigenvalue weighted by Gasteiger charge is -2.36. The standard InChI is InChI=1S/C14H15F3N6/c15-14(16,17)11-3-4-19-13(21-11)23-7-5-22(6-8-23)10-1-2-12(18)20-9-10/h1-4,9H,5-8H2,(H2,18,20). The minimum atomic E-state index is -4.46. The Kier molecular flexibility index (Phi) is 3.93. The number of hydrogen-bond acceptors (Lipinski definition) is 6. The van der Waals surface area contributed by atoms with Crippen LogP contribution in [-0.2, 0) is 6.18 Å². The third-order valence-electron chi connectivity index (χ3n) is 3.63. The van der Waals surface area contributed by atoms with Crippen LogP contribution in [0.3, 0.4) is 0 Å². The van der Waals surface area contributed by atoms with E-state index < -0.39 is 11.9 Å². The van der Waals surface area contributed by atoms with Gasteiger partial charge in [-0.15, -0.1) is 0 Å². The van der Waals surface area contributed by atoms with Crippen molar-refractivity contribution < 1.29 is 13.2 Å². The van der Waals surface area contributed by atoms with Crippen LogP contribution in [0, 0.1) is 0 Å². The highest BCUT2D eigenvalue weighted by molar-refractivity contribution is 5.49. The minimum absolute atomic E-state index is 0.106. The second-order valence-electron chi connectivity index (χ2n) is 5.15. The van der Waals surface area contributed by atoms with E-state index >= 15 is 0 Å². The highest BCUT2D eigenvalue weighted by atomic mass is 19.4. The Morgan fingerprint density at radius 3 is 2.26 bits per heavy atom. The van der Waals surface area contributed by atoms with Crippen LogP contribution in [0.15, 0.2) is 30.6 Å². The van der Waals surface area contributed by atoms with Gasteiger partial charge in [0.05, 0.1) is 11.9 Å². The van der Waals surface area contributed by atoms with E-state index in [2.05, 4.69) is 19.9 Å². The molecule has 2 aromatic rings. The van der Waals surface area contributed by atoms with Crippen molar-refractivity contribution in [2.24, 2.45) is 0 Å². The average molecular weight is 324 g/mol. The van der Waals surface area contributed by atoms with Gasteiger partial charge in [-0.25, -0.2) is 15.0 Å². The number of nitrogens with two attached hydrogens (primary N) is 1. The van der Waals surface area contributed by atoms with Gasteiger partial charge in [-0.2, -0.15) is 13.2 Å². The summed E-state index contributed by atoms with van der Waals surface area (Å²) in [5, 5.41) is 0. The van der Waals surface area contributed by atoms with Crippen molar-refractivity contribution >= 4 is 17.5 Å². The molecular formula is C14H15F3N6. The SMILES string of the molecule is Nc1ccc(N2CCN(c3nccc(C(F)(F)F)n3)CC2)cn1. The van der Waals surface area contributed by atoms with Crippen LogP contribution in [0.1, 0.15) is 5.69 Å². The van der Waals surface area contributed by atoms with Gasteiger partial charge in [0.15, 0.2) is 0 Å². The molecule has 0 radical (unpaired) electrons. The lowest BCUT2D eigenvalue weighted by Crippen LogP contribution is -2.47. The molecule has 0 bridgehead atoms. The third kappa shape index (κ3) is 3.43. The fraction of sp³-hybridized carbons (Fsp3) is 0.357. The maximum absolute atomic E-state index is 12.7. The summed E-state index contributed by atoms with van der Waals surface area (Å²) in [5.41, 5.74) is 5.57. The van der Waals surface area contributed by atoms with Crippen molar-refractivity contribution in [3.63, 3.8) is 0 Å². The van der Waals surface area contributed by atoms with Crippen molar-refractivity contribution in [1.29, 1.82) is 0 Å². The molecule has 0 amide bonds. The van der Waals surface area contributed by atoms with Crippen molar-refractivity contribution in [2.75, 3.05) is 41.7 Å². The Labute approximate surface area is 130 Å². The first-order chi connectivity index (χ1) is 10.9. The molecule has 23 heavy (non-hydrogen) atoms. The molecule has 9 heteroatoms. The molecule has 0 unspecified atom stereocenters. The number of alkyl halides is 3. The Morgan fingerprint density at radius 1 is 0.957 bits per heavy atom. The van der Waals surface area contributed by atoms with Gasteiger partial charge in [-0.05, 0) is 18.2 Å². The zero-order valence-electron chi connectivity index (χ0n) is 12.2. The number of halogens is 3. The predicted molar refractivity (Wildman–Crippen MR) is 80.1 cm³/mol. The normalized spacial score (nSPS) is 15.8. The lowest BCUT2D eigenvalue weighted by atomic mass is 10.3. The number of hydrogen-bond donors (Lipinski definition) is 1. The summed E-state index contributed by atoms with van der Waals surface area (Å²) in [6.45, 7) is 2.35. The second-order valence-corrected chi connectivity index (χ2v) is 5.15. The highest BCUT2D eigenvalue weighted by Gasteiger charge is 2.33. The maximum Gasteiger partial charge on any atom is 0.433 e. The van der Waals surface area contributed by atoms with Crippen LogP contribution < -0.4 is 15.5 Å². The molecule has 6 nitrogen and oxygen atoms in total. The number of anilines is 3. The van der Waals surface area contributed by atoms with E-state index in [0.29, 0.717) is 32.0 Å². The van der Waals surface area contributed by atoms with Gasteiger partial charge in [0.2, 0.25) is 5.95 Å². The first-order valence-electron chi connectivity index (χ1n) is 7.05. The van der Waals surface area contributed by atoms with E-state index in [1.54, 1.807) is 17.2 Å². The van der Waals surface area contributed by atoms with E-state index in [0.717, 1.165) is 18.0 Å². The van der Waals surface area contributed by atoms with Gasteiger partial charge in [-0.1, -0.05) is 0 Å². The van der Waals surface area contributed by atoms with Crippen molar-refractivity contribution in [2.45, 2.75) is 6.18 Å². The van der Waals surface area contributed by atoms with Crippen LogP contribution >= 0.6 is 0 Å². The summed E-state index contributed by atoms with van der Waals surface area (Å²) in [6, 6.07) is 4.47. The molecule has 1 fully saturated rings. The first kappa shape index (κ1) is 15.3. The van der Waals surface area contributed by atoms with Gasteiger partial charge in [0.25, 0.3) is 0 Å². The zero-order chi connectivity index (χ0) is 16.4. The molecule has 0 aromatic carbocycles. The molecule has 3 rings (SSSR count). The molecule has 1 saturated heterocycles. The Hall–Kier alpha value is -2.58. The summed E-state index contributed by atoms with van der Waals surface area (Å²) in [7, 11) is 0. The van der Waals surface area contributed by atoms with E-state index in [1.807, 2.05) is 6.07 Å². The van der Waals surface area contributed by atoms with Crippen LogP contribution in [0.2, 0.25) is 0 Å². The summed E-state index contributed by atoms with van der Waals surface area (Å²) >= 11 is 0. The number of aromatic nitrogens is 3. The zero-order valence-corrected chi connectivity index (χ0v) is 12.2. The third-order valence-corrected chi connectivity index (χ3v) is 3.63. The molecule has 1 aliphatic heterocycles. The molecule has 122 valence electrons. The molecule has 0 aliphatic carbocycles. The van der Waals surface area contributed by atoms with Crippen molar-refractivity contribution in [3.8, 4) is 0 Å². The van der Waals surface area contributed by atoms with Gasteiger partial charge in [0, 0.05) is 32.4 Å². The number of piperazine rings is 1. The number of rotatable bonds is 2. The average Bonchev–Trinajstić information content (AvgIpc) is 2.55. The largest absolute Gasteiger partial charge is 0.433 e. The summed E-state index contributed by atoms with van der Waals surface area (Å²) in [6.07, 6.45) is -1.64. The molecule has 0 spiro atoms. The summed E-state index contributed by atoms with van der Waals surface area (Å²) in [5.74, 6) is 0.555. The molecule has 1 aliphatic rings. The Balaban J connectivity index is 1.68. The fourth-order valence-electron chi connectivity index (χ4n) is 2.41. The van der Waals surface area contributed by atoms with Crippen LogP contribution in [-0.4, -0.2) is 41.1 Å². The topological polar surface area (TPSA) is 71.2 Å². The minimum Gasteiger partial charge on any atom is -0.384 e. The van der Waals surface area contributed by atoms with Crippen LogP contribution in [0.25, 0.3) is 0 Å². The molecule has 3 heterocycles.